The molecule has 2 rings (SSSR count). The maximum Gasteiger partial charge on any atom is 0.230 e. The molecule has 0 saturated heterocycles. The molecule has 1 aromatic carbocycles. The third kappa shape index (κ3) is 3.48. The number of hydrogen-bond donors (Lipinski definition) is 1. The number of nitrogens with one attached hydrogen (secondary N) is 1. The number of thiazole rings is 1. The monoisotopic (exact) mass is 274 g/mol. The van der Waals surface area contributed by atoms with Gasteiger partial charge in [0.25, 0.3) is 0 Å². The number of amides is 1. The number of benzene rings is 1. The number of carbonyl (C=O) groups excluding carboxylic acids is 2. The molecule has 4 nitrogen and oxygen atoms in total. The van der Waals surface area contributed by atoms with Gasteiger partial charge in [-0.3, -0.25) is 9.59 Å². The van der Waals surface area contributed by atoms with Gasteiger partial charge in [-0.25, -0.2) is 4.98 Å². The highest BCUT2D eigenvalue weighted by atomic mass is 32.1. The van der Waals surface area contributed by atoms with Crippen LogP contribution in [0.4, 0.5) is 5.13 Å². The van der Waals surface area contributed by atoms with Crippen LogP contribution in [0, 0.1) is 6.92 Å². The molecule has 1 N–H and O–H groups in total. The van der Waals surface area contributed by atoms with Crippen LogP contribution in [0.1, 0.15) is 27.9 Å². The first-order valence-corrected chi connectivity index (χ1v) is 6.70. The number of hydrogen-bond acceptors (Lipinski definition) is 4. The summed E-state index contributed by atoms with van der Waals surface area (Å²) in [6.45, 7) is 3.26. The fourth-order valence-electron chi connectivity index (χ4n) is 1.72. The van der Waals surface area contributed by atoms with Crippen LogP contribution < -0.4 is 5.32 Å². The lowest BCUT2D eigenvalue weighted by atomic mass is 10.1. The van der Waals surface area contributed by atoms with E-state index in [4.69, 9.17) is 0 Å². The predicted octanol–water partition coefficient (Wildman–Crippen LogP) is 2.84. The lowest BCUT2D eigenvalue weighted by Crippen LogP contribution is -2.14. The summed E-state index contributed by atoms with van der Waals surface area (Å²) in [6, 6.07) is 9.49. The molecule has 0 unspecified atom stereocenters. The van der Waals surface area contributed by atoms with Crippen LogP contribution in [0.15, 0.2) is 30.3 Å². The molecule has 0 spiro atoms. The van der Waals surface area contributed by atoms with Crippen molar-refractivity contribution in [2.24, 2.45) is 0 Å². The molecule has 0 saturated carbocycles. The minimum absolute atomic E-state index is 0.0291. The lowest BCUT2D eigenvalue weighted by Gasteiger charge is -2.01. The second-order valence-electron chi connectivity index (χ2n) is 4.20. The van der Waals surface area contributed by atoms with Gasteiger partial charge >= 0.3 is 0 Å². The van der Waals surface area contributed by atoms with Gasteiger partial charge in [0.15, 0.2) is 10.9 Å². The maximum absolute atomic E-state index is 11.8. The maximum atomic E-state index is 11.8. The zero-order chi connectivity index (χ0) is 13.8. The van der Waals surface area contributed by atoms with Crippen molar-refractivity contribution < 1.29 is 9.59 Å². The molecule has 0 radical (unpaired) electrons. The van der Waals surface area contributed by atoms with Gasteiger partial charge < -0.3 is 5.32 Å². The molecular weight excluding hydrogens is 260 g/mol. The van der Waals surface area contributed by atoms with E-state index in [1.165, 1.54) is 18.3 Å². The average Bonchev–Trinajstić information content (AvgIpc) is 2.71. The van der Waals surface area contributed by atoms with Crippen LogP contribution in [-0.2, 0) is 11.2 Å². The Labute approximate surface area is 115 Å². The van der Waals surface area contributed by atoms with Crippen LogP contribution in [-0.4, -0.2) is 16.7 Å². The van der Waals surface area contributed by atoms with E-state index in [0.29, 0.717) is 22.1 Å². The van der Waals surface area contributed by atoms with E-state index in [1.807, 2.05) is 30.3 Å². The Morgan fingerprint density at radius 3 is 2.53 bits per heavy atom. The van der Waals surface area contributed by atoms with Crippen molar-refractivity contribution in [1.29, 1.82) is 0 Å². The van der Waals surface area contributed by atoms with Gasteiger partial charge in [-0.1, -0.05) is 41.7 Å². The van der Waals surface area contributed by atoms with E-state index in [0.717, 1.165) is 5.56 Å². The van der Waals surface area contributed by atoms with Gasteiger partial charge in [-0.2, -0.15) is 0 Å². The SMILES string of the molecule is CC(=O)c1sc(NC(=O)Cc2ccccc2)nc1C. The van der Waals surface area contributed by atoms with Gasteiger partial charge in [0.2, 0.25) is 5.91 Å². The quantitative estimate of drug-likeness (QED) is 0.872. The molecule has 2 aromatic rings. The van der Waals surface area contributed by atoms with E-state index >= 15 is 0 Å². The Hall–Kier alpha value is -2.01. The fraction of sp³-hybridized carbons (Fsp3) is 0.214. The minimum Gasteiger partial charge on any atom is -0.302 e. The molecule has 0 aliphatic carbocycles. The molecule has 0 aliphatic rings. The second kappa shape index (κ2) is 5.75. The molecule has 0 aliphatic heterocycles. The number of rotatable bonds is 4. The summed E-state index contributed by atoms with van der Waals surface area (Å²) in [5.41, 5.74) is 1.60. The number of aromatic nitrogens is 1. The number of nitrogens with zero attached hydrogens (tertiary/aromatic N) is 1. The van der Waals surface area contributed by atoms with Crippen LogP contribution in [0.2, 0.25) is 0 Å². The van der Waals surface area contributed by atoms with Gasteiger partial charge in [0.05, 0.1) is 17.0 Å². The van der Waals surface area contributed by atoms with Crippen LogP contribution >= 0.6 is 11.3 Å². The molecule has 19 heavy (non-hydrogen) atoms. The van der Waals surface area contributed by atoms with Crippen molar-refractivity contribution in [2.45, 2.75) is 20.3 Å². The summed E-state index contributed by atoms with van der Waals surface area (Å²) in [6.07, 6.45) is 0.300. The first-order chi connectivity index (χ1) is 9.06. The highest BCUT2D eigenvalue weighted by molar-refractivity contribution is 7.17. The normalized spacial score (nSPS) is 10.2. The molecule has 0 atom stereocenters. The Kier molecular flexibility index (Phi) is 4.06. The van der Waals surface area contributed by atoms with Gasteiger partial charge in [-0.15, -0.1) is 0 Å². The second-order valence-corrected chi connectivity index (χ2v) is 5.20. The molecule has 5 heteroatoms. The lowest BCUT2D eigenvalue weighted by molar-refractivity contribution is -0.115. The average molecular weight is 274 g/mol. The highest BCUT2D eigenvalue weighted by Gasteiger charge is 2.13. The molecule has 98 valence electrons. The topological polar surface area (TPSA) is 59.1 Å². The van der Waals surface area contributed by atoms with Gasteiger partial charge in [0.1, 0.15) is 0 Å². The minimum atomic E-state index is -0.130. The zero-order valence-electron chi connectivity index (χ0n) is 10.8. The number of carbonyl (C=O) groups is 2. The van der Waals surface area contributed by atoms with Crippen LogP contribution in [0.3, 0.4) is 0 Å². The smallest absolute Gasteiger partial charge is 0.230 e. The summed E-state index contributed by atoms with van der Waals surface area (Å²) >= 11 is 1.21. The van der Waals surface area contributed by atoms with E-state index in [-0.39, 0.29) is 11.7 Å². The van der Waals surface area contributed by atoms with Crippen LogP contribution in [0.25, 0.3) is 0 Å². The van der Waals surface area contributed by atoms with Gasteiger partial charge in [0, 0.05) is 6.92 Å². The van der Waals surface area contributed by atoms with Crippen LogP contribution in [0.5, 0.6) is 0 Å². The molecular formula is C14H14N2O2S. The molecule has 0 bridgehead atoms. The Bertz CT molecular complexity index is 605. The predicted molar refractivity (Wildman–Crippen MR) is 75.6 cm³/mol. The van der Waals surface area contributed by atoms with Crippen molar-refractivity contribution in [3.05, 3.63) is 46.5 Å². The fourth-order valence-corrected chi connectivity index (χ4v) is 2.60. The number of Topliss-reactive ketones (excluding diaryl/α,β-unsaturated/α-hetero) is 1. The first kappa shape index (κ1) is 13.4. The van der Waals surface area contributed by atoms with Crippen molar-refractivity contribution in [3.63, 3.8) is 0 Å². The Balaban J connectivity index is 2.03. The first-order valence-electron chi connectivity index (χ1n) is 5.88. The standard InChI is InChI=1S/C14H14N2O2S/c1-9-13(10(2)17)19-14(15-9)16-12(18)8-11-6-4-3-5-7-11/h3-7H,8H2,1-2H3,(H,15,16,18). The molecule has 1 amide bonds. The van der Waals surface area contributed by atoms with E-state index in [1.54, 1.807) is 6.92 Å². The van der Waals surface area contributed by atoms with Crippen molar-refractivity contribution in [3.8, 4) is 0 Å². The van der Waals surface area contributed by atoms with Gasteiger partial charge in [-0.05, 0) is 12.5 Å². The van der Waals surface area contributed by atoms with Crippen molar-refractivity contribution >= 4 is 28.2 Å². The third-order valence-electron chi connectivity index (χ3n) is 2.57. The van der Waals surface area contributed by atoms with E-state index in [9.17, 15) is 9.59 Å². The number of anilines is 1. The summed E-state index contributed by atoms with van der Waals surface area (Å²) in [4.78, 5) is 27.9. The van der Waals surface area contributed by atoms with Crippen molar-refractivity contribution in [2.75, 3.05) is 5.32 Å². The van der Waals surface area contributed by atoms with E-state index in [2.05, 4.69) is 10.3 Å². The number of aryl methyl sites for hydroxylation is 1. The largest absolute Gasteiger partial charge is 0.302 e. The summed E-state index contributed by atoms with van der Waals surface area (Å²) < 4.78 is 0. The molecule has 1 heterocycles. The Morgan fingerprint density at radius 2 is 1.95 bits per heavy atom. The molecule has 1 aromatic heterocycles. The number of ketones is 1. The summed E-state index contributed by atoms with van der Waals surface area (Å²) in [5.74, 6) is -0.159. The summed E-state index contributed by atoms with van der Waals surface area (Å²) in [5, 5.41) is 3.20. The molecule has 0 fully saturated rings. The Morgan fingerprint density at radius 1 is 1.26 bits per heavy atom. The van der Waals surface area contributed by atoms with Crippen molar-refractivity contribution in [1.82, 2.24) is 4.98 Å². The zero-order valence-corrected chi connectivity index (χ0v) is 11.6. The third-order valence-corrected chi connectivity index (χ3v) is 3.74. The highest BCUT2D eigenvalue weighted by Crippen LogP contribution is 2.22. The summed E-state index contributed by atoms with van der Waals surface area (Å²) in [7, 11) is 0. The van der Waals surface area contributed by atoms with E-state index < -0.39 is 0 Å².